The lowest BCUT2D eigenvalue weighted by atomic mass is 10.5. The molecule has 1 heterocycles. The smallest absolute Gasteiger partial charge is 0.0936 e. The van der Waals surface area contributed by atoms with Gasteiger partial charge < -0.3 is 9.64 Å². The summed E-state index contributed by atoms with van der Waals surface area (Å²) in [6.07, 6.45) is 0.551. The molecule has 1 aliphatic rings. The summed E-state index contributed by atoms with van der Waals surface area (Å²) in [5.41, 5.74) is 0. The Labute approximate surface area is 56.2 Å². The molecule has 1 fully saturated rings. The van der Waals surface area contributed by atoms with Crippen molar-refractivity contribution in [2.75, 3.05) is 27.2 Å². The van der Waals surface area contributed by atoms with Crippen molar-refractivity contribution in [3.8, 4) is 0 Å². The summed E-state index contributed by atoms with van der Waals surface area (Å²) >= 11 is 0. The summed E-state index contributed by atoms with van der Waals surface area (Å²) in [5.74, 6) is 0. The van der Waals surface area contributed by atoms with Gasteiger partial charge in [-0.2, -0.15) is 0 Å². The standard InChI is InChI=1S/C5H11NO.ClH/c1-6(2)3-5-4-7-5;/h5H,3-4H2,1-2H3;1H. The summed E-state index contributed by atoms with van der Waals surface area (Å²) in [4.78, 5) is 2.14. The molecule has 0 amide bonds. The molecular formula is C5H12ClNO. The number of hydrogen-bond acceptors (Lipinski definition) is 2. The number of rotatable bonds is 2. The first-order valence-corrected chi connectivity index (χ1v) is 2.55. The minimum atomic E-state index is 0. The van der Waals surface area contributed by atoms with Crippen molar-refractivity contribution >= 4 is 12.4 Å². The molecule has 1 saturated heterocycles. The van der Waals surface area contributed by atoms with Crippen molar-refractivity contribution in [3.63, 3.8) is 0 Å². The number of halogens is 1. The molecule has 2 nitrogen and oxygen atoms in total. The number of ether oxygens (including phenoxy) is 1. The molecule has 50 valence electrons. The minimum Gasteiger partial charge on any atom is -0.372 e. The Kier molecular flexibility index (Phi) is 3.36. The van der Waals surface area contributed by atoms with Gasteiger partial charge in [0.2, 0.25) is 0 Å². The number of nitrogens with zero attached hydrogens (tertiary/aromatic N) is 1. The summed E-state index contributed by atoms with van der Waals surface area (Å²) < 4.78 is 4.98. The predicted octanol–water partition coefficient (Wildman–Crippen LogP) is 0.369. The number of epoxide rings is 1. The van der Waals surface area contributed by atoms with E-state index in [0.717, 1.165) is 13.2 Å². The molecule has 0 radical (unpaired) electrons. The molecular weight excluding hydrogens is 126 g/mol. The van der Waals surface area contributed by atoms with Gasteiger partial charge in [0.05, 0.1) is 12.7 Å². The molecule has 0 bridgehead atoms. The second-order valence-corrected chi connectivity index (χ2v) is 2.22. The van der Waals surface area contributed by atoms with Crippen LogP contribution < -0.4 is 0 Å². The Bertz CT molecular complexity index is 63.4. The Morgan fingerprint density at radius 2 is 2.12 bits per heavy atom. The highest BCUT2D eigenvalue weighted by Crippen LogP contribution is 2.07. The van der Waals surface area contributed by atoms with Crippen molar-refractivity contribution in [2.45, 2.75) is 6.10 Å². The third-order valence-electron chi connectivity index (χ3n) is 0.971. The first kappa shape index (κ1) is 8.21. The van der Waals surface area contributed by atoms with Crippen molar-refractivity contribution in [1.29, 1.82) is 0 Å². The molecule has 8 heavy (non-hydrogen) atoms. The highest BCUT2D eigenvalue weighted by Gasteiger charge is 2.22. The Balaban J connectivity index is 0.000000490. The molecule has 1 aliphatic heterocycles. The number of hydrogen-bond donors (Lipinski definition) is 0. The maximum Gasteiger partial charge on any atom is 0.0936 e. The fraction of sp³-hybridized carbons (Fsp3) is 1.00. The summed E-state index contributed by atoms with van der Waals surface area (Å²) in [6, 6.07) is 0. The summed E-state index contributed by atoms with van der Waals surface area (Å²) in [6.45, 7) is 2.05. The van der Waals surface area contributed by atoms with E-state index in [0.29, 0.717) is 6.10 Å². The molecule has 0 aromatic carbocycles. The third kappa shape index (κ3) is 3.24. The Hall–Kier alpha value is 0.210. The highest BCUT2D eigenvalue weighted by atomic mass is 35.5. The van der Waals surface area contributed by atoms with Gasteiger partial charge in [-0.15, -0.1) is 12.4 Å². The van der Waals surface area contributed by atoms with Crippen LogP contribution in [0.25, 0.3) is 0 Å². The zero-order valence-corrected chi connectivity index (χ0v) is 6.07. The van der Waals surface area contributed by atoms with Gasteiger partial charge in [-0.3, -0.25) is 0 Å². The Morgan fingerprint density at radius 1 is 1.62 bits per heavy atom. The van der Waals surface area contributed by atoms with Gasteiger partial charge in [0.1, 0.15) is 0 Å². The second kappa shape index (κ2) is 3.28. The van der Waals surface area contributed by atoms with Crippen molar-refractivity contribution < 1.29 is 4.74 Å². The summed E-state index contributed by atoms with van der Waals surface area (Å²) in [5, 5.41) is 0. The van der Waals surface area contributed by atoms with Crippen LogP contribution in [0.5, 0.6) is 0 Å². The van der Waals surface area contributed by atoms with E-state index in [9.17, 15) is 0 Å². The van der Waals surface area contributed by atoms with Gasteiger partial charge >= 0.3 is 0 Å². The van der Waals surface area contributed by atoms with Gasteiger partial charge in [-0.1, -0.05) is 0 Å². The topological polar surface area (TPSA) is 15.8 Å². The van der Waals surface area contributed by atoms with Crippen LogP contribution in [-0.4, -0.2) is 38.3 Å². The van der Waals surface area contributed by atoms with Gasteiger partial charge in [0.25, 0.3) is 0 Å². The predicted molar refractivity (Wildman–Crippen MR) is 35.5 cm³/mol. The fourth-order valence-electron chi connectivity index (χ4n) is 0.581. The van der Waals surface area contributed by atoms with E-state index in [2.05, 4.69) is 19.0 Å². The van der Waals surface area contributed by atoms with Crippen LogP contribution in [0.2, 0.25) is 0 Å². The quantitative estimate of drug-likeness (QED) is 0.511. The van der Waals surface area contributed by atoms with Gasteiger partial charge in [-0.25, -0.2) is 0 Å². The molecule has 0 spiro atoms. The fourth-order valence-corrected chi connectivity index (χ4v) is 0.581. The van der Waals surface area contributed by atoms with Crippen LogP contribution >= 0.6 is 12.4 Å². The zero-order valence-electron chi connectivity index (χ0n) is 5.26. The first-order valence-electron chi connectivity index (χ1n) is 2.55. The van der Waals surface area contributed by atoms with E-state index in [1.54, 1.807) is 0 Å². The van der Waals surface area contributed by atoms with Gasteiger partial charge in [-0.05, 0) is 14.1 Å². The lowest BCUT2D eigenvalue weighted by molar-refractivity contribution is 0.323. The SMILES string of the molecule is CN(C)CC1CO1.Cl. The molecule has 0 aliphatic carbocycles. The molecule has 1 rings (SSSR count). The molecule has 3 heteroatoms. The van der Waals surface area contributed by atoms with E-state index in [1.807, 2.05) is 0 Å². The maximum absolute atomic E-state index is 4.98. The molecule has 1 unspecified atom stereocenters. The van der Waals surface area contributed by atoms with E-state index >= 15 is 0 Å². The highest BCUT2D eigenvalue weighted by molar-refractivity contribution is 5.85. The van der Waals surface area contributed by atoms with Crippen LogP contribution in [0.15, 0.2) is 0 Å². The van der Waals surface area contributed by atoms with Crippen molar-refractivity contribution in [1.82, 2.24) is 4.90 Å². The molecule has 1 atom stereocenters. The minimum absolute atomic E-state index is 0. The van der Waals surface area contributed by atoms with Crippen LogP contribution in [0.4, 0.5) is 0 Å². The van der Waals surface area contributed by atoms with Crippen LogP contribution in [0.1, 0.15) is 0 Å². The van der Waals surface area contributed by atoms with Gasteiger partial charge in [0, 0.05) is 6.54 Å². The number of likely N-dealkylation sites (N-methyl/N-ethyl adjacent to an activating group) is 1. The normalized spacial score (nSPS) is 25.1. The van der Waals surface area contributed by atoms with Crippen LogP contribution in [0.3, 0.4) is 0 Å². The molecule has 0 aromatic heterocycles. The molecule has 0 N–H and O–H groups in total. The lowest BCUT2D eigenvalue weighted by Gasteiger charge is -2.03. The molecule has 0 aromatic rings. The van der Waals surface area contributed by atoms with E-state index in [4.69, 9.17) is 4.74 Å². The average Bonchev–Trinajstić information content (AvgIpc) is 2.17. The van der Waals surface area contributed by atoms with Gasteiger partial charge in [0.15, 0.2) is 0 Å². The van der Waals surface area contributed by atoms with Crippen molar-refractivity contribution in [3.05, 3.63) is 0 Å². The maximum atomic E-state index is 4.98. The zero-order chi connectivity index (χ0) is 5.28. The monoisotopic (exact) mass is 137 g/mol. The lowest BCUT2D eigenvalue weighted by Crippen LogP contribution is -2.17. The van der Waals surface area contributed by atoms with Crippen molar-refractivity contribution in [2.24, 2.45) is 0 Å². The average molecular weight is 138 g/mol. The molecule has 0 saturated carbocycles. The van der Waals surface area contributed by atoms with Crippen LogP contribution in [-0.2, 0) is 4.74 Å². The van der Waals surface area contributed by atoms with E-state index in [-0.39, 0.29) is 12.4 Å². The van der Waals surface area contributed by atoms with E-state index < -0.39 is 0 Å². The third-order valence-corrected chi connectivity index (χ3v) is 0.971. The summed E-state index contributed by atoms with van der Waals surface area (Å²) in [7, 11) is 4.11. The van der Waals surface area contributed by atoms with Crippen LogP contribution in [0, 0.1) is 0 Å². The van der Waals surface area contributed by atoms with E-state index in [1.165, 1.54) is 0 Å². The first-order chi connectivity index (χ1) is 3.29. The second-order valence-electron chi connectivity index (χ2n) is 2.22. The Morgan fingerprint density at radius 3 is 2.25 bits per heavy atom. The largest absolute Gasteiger partial charge is 0.372 e.